The van der Waals surface area contributed by atoms with Gasteiger partial charge in [0.2, 0.25) is 0 Å². The van der Waals surface area contributed by atoms with Gasteiger partial charge in [-0.15, -0.1) is 0 Å². The summed E-state index contributed by atoms with van der Waals surface area (Å²) in [6, 6.07) is 3.26. The first kappa shape index (κ1) is 13.8. The molecule has 2 atom stereocenters. The van der Waals surface area contributed by atoms with E-state index in [0.29, 0.717) is 29.3 Å². The highest BCUT2D eigenvalue weighted by molar-refractivity contribution is 5.84. The van der Waals surface area contributed by atoms with E-state index in [4.69, 9.17) is 4.42 Å². The first-order chi connectivity index (χ1) is 11.0. The molecule has 4 rings (SSSR count). The van der Waals surface area contributed by atoms with Crippen molar-refractivity contribution in [1.29, 1.82) is 0 Å². The van der Waals surface area contributed by atoms with Gasteiger partial charge in [0, 0.05) is 5.56 Å². The molecule has 1 saturated carbocycles. The van der Waals surface area contributed by atoms with Gasteiger partial charge in [-0.1, -0.05) is 6.08 Å². The van der Waals surface area contributed by atoms with E-state index < -0.39 is 11.4 Å². The van der Waals surface area contributed by atoms with Gasteiger partial charge in [0.15, 0.2) is 0 Å². The molecule has 6 nitrogen and oxygen atoms in total. The lowest BCUT2D eigenvalue weighted by molar-refractivity contribution is -0.141. The summed E-state index contributed by atoms with van der Waals surface area (Å²) in [5, 5.41) is 9.36. The van der Waals surface area contributed by atoms with E-state index in [-0.39, 0.29) is 11.6 Å². The number of aliphatic carboxylic acids is 1. The fourth-order valence-electron chi connectivity index (χ4n) is 3.07. The van der Waals surface area contributed by atoms with Gasteiger partial charge in [-0.3, -0.25) is 14.2 Å². The van der Waals surface area contributed by atoms with E-state index in [9.17, 15) is 14.7 Å². The van der Waals surface area contributed by atoms with E-state index in [2.05, 4.69) is 4.98 Å². The maximum absolute atomic E-state index is 12.6. The maximum atomic E-state index is 12.6. The fraction of sp³-hybridized carbons (Fsp3) is 0.235. The molecule has 116 valence electrons. The minimum atomic E-state index is -0.934. The van der Waals surface area contributed by atoms with Crippen LogP contribution in [0.5, 0.6) is 0 Å². The number of hydrogen-bond donors (Lipinski definition) is 1. The third kappa shape index (κ3) is 1.91. The van der Waals surface area contributed by atoms with E-state index >= 15 is 0 Å². The van der Waals surface area contributed by atoms with Crippen molar-refractivity contribution in [2.45, 2.75) is 19.4 Å². The molecule has 2 aromatic heterocycles. The van der Waals surface area contributed by atoms with Gasteiger partial charge in [0.1, 0.15) is 17.0 Å². The number of carboxylic acid groups (broad SMARTS) is 1. The van der Waals surface area contributed by atoms with Crippen molar-refractivity contribution in [3.05, 3.63) is 57.7 Å². The average molecular weight is 310 g/mol. The molecular weight excluding hydrogens is 296 g/mol. The summed E-state index contributed by atoms with van der Waals surface area (Å²) < 4.78 is 6.73. The topological polar surface area (TPSA) is 85.3 Å². The molecule has 0 bridgehead atoms. The highest BCUT2D eigenvalue weighted by Crippen LogP contribution is 2.59. The summed E-state index contributed by atoms with van der Waals surface area (Å²) in [5.41, 5.74) is -0.0633. The van der Waals surface area contributed by atoms with Gasteiger partial charge in [-0.05, 0) is 43.7 Å². The fourth-order valence-corrected chi connectivity index (χ4v) is 3.07. The molecule has 0 saturated heterocycles. The molecular formula is C17H14N2O4. The van der Waals surface area contributed by atoms with E-state index in [1.54, 1.807) is 43.6 Å². The summed E-state index contributed by atoms with van der Waals surface area (Å²) in [7, 11) is 0. The molecule has 2 unspecified atom stereocenters. The minimum absolute atomic E-state index is 0.188. The van der Waals surface area contributed by atoms with E-state index in [1.165, 1.54) is 4.57 Å². The summed E-state index contributed by atoms with van der Waals surface area (Å²) in [4.78, 5) is 28.5. The van der Waals surface area contributed by atoms with Gasteiger partial charge >= 0.3 is 5.97 Å². The summed E-state index contributed by atoms with van der Waals surface area (Å²) in [6.45, 7) is 1.70. The second-order valence-corrected chi connectivity index (χ2v) is 5.90. The molecule has 3 heterocycles. The molecule has 1 fully saturated rings. The Morgan fingerprint density at radius 3 is 3.04 bits per heavy atom. The molecule has 2 aliphatic rings. The van der Waals surface area contributed by atoms with Crippen molar-refractivity contribution >= 4 is 24.2 Å². The van der Waals surface area contributed by atoms with E-state index in [1.807, 2.05) is 6.07 Å². The van der Waals surface area contributed by atoms with Crippen LogP contribution in [0, 0.1) is 12.3 Å². The van der Waals surface area contributed by atoms with Crippen LogP contribution in [0.25, 0.3) is 18.2 Å². The molecule has 0 amide bonds. The lowest BCUT2D eigenvalue weighted by Gasteiger charge is -2.18. The molecule has 23 heavy (non-hydrogen) atoms. The van der Waals surface area contributed by atoms with Crippen LogP contribution in [0.2, 0.25) is 0 Å². The molecule has 1 aliphatic carbocycles. The minimum Gasteiger partial charge on any atom is -0.481 e. The predicted molar refractivity (Wildman–Crippen MR) is 83.6 cm³/mol. The lowest BCUT2D eigenvalue weighted by Crippen LogP contribution is -2.31. The van der Waals surface area contributed by atoms with E-state index in [0.717, 1.165) is 0 Å². The van der Waals surface area contributed by atoms with Gasteiger partial charge in [0.05, 0.1) is 18.0 Å². The SMILES string of the molecule is Cc1c(/C=C/c2ccco2)nc2n(c1=O)C1CC1(C(=O)O)C=C2. The Hall–Kier alpha value is -2.89. The zero-order valence-corrected chi connectivity index (χ0v) is 12.4. The van der Waals surface area contributed by atoms with Crippen LogP contribution in [0.15, 0.2) is 33.7 Å². The number of aromatic nitrogens is 2. The van der Waals surface area contributed by atoms with Crippen LogP contribution in [0.3, 0.4) is 0 Å². The van der Waals surface area contributed by atoms with Crippen molar-refractivity contribution < 1.29 is 14.3 Å². The zero-order chi connectivity index (χ0) is 16.2. The van der Waals surface area contributed by atoms with Crippen molar-refractivity contribution in [3.63, 3.8) is 0 Å². The monoisotopic (exact) mass is 310 g/mol. The van der Waals surface area contributed by atoms with Crippen molar-refractivity contribution in [2.24, 2.45) is 5.41 Å². The van der Waals surface area contributed by atoms with Crippen LogP contribution >= 0.6 is 0 Å². The van der Waals surface area contributed by atoms with Crippen molar-refractivity contribution in [3.8, 4) is 0 Å². The third-order valence-electron chi connectivity index (χ3n) is 4.56. The number of fused-ring (bicyclic) bond motifs is 3. The Labute approximate surface area is 131 Å². The van der Waals surface area contributed by atoms with Crippen LogP contribution in [-0.4, -0.2) is 20.6 Å². The lowest BCUT2D eigenvalue weighted by atomic mass is 10.0. The highest BCUT2D eigenvalue weighted by atomic mass is 16.4. The summed E-state index contributed by atoms with van der Waals surface area (Å²) in [6.07, 6.45) is 8.77. The Morgan fingerprint density at radius 2 is 2.35 bits per heavy atom. The second kappa shape index (κ2) is 4.55. The molecule has 6 heteroatoms. The Bertz CT molecular complexity index is 921. The molecule has 0 radical (unpaired) electrons. The number of carbonyl (C=O) groups is 1. The number of rotatable bonds is 3. The molecule has 2 aromatic rings. The van der Waals surface area contributed by atoms with Gasteiger partial charge in [0.25, 0.3) is 5.56 Å². The Balaban J connectivity index is 1.79. The second-order valence-electron chi connectivity index (χ2n) is 5.90. The normalized spacial score (nSPS) is 24.5. The van der Waals surface area contributed by atoms with Crippen LogP contribution in [-0.2, 0) is 4.79 Å². The Kier molecular flexibility index (Phi) is 2.72. The summed E-state index contributed by atoms with van der Waals surface area (Å²) in [5.74, 6) is 0.279. The maximum Gasteiger partial charge on any atom is 0.315 e. The van der Waals surface area contributed by atoms with Gasteiger partial charge in [-0.2, -0.15) is 0 Å². The average Bonchev–Trinajstić information content (AvgIpc) is 3.07. The highest BCUT2D eigenvalue weighted by Gasteiger charge is 2.62. The first-order valence-electron chi connectivity index (χ1n) is 7.30. The predicted octanol–water partition coefficient (Wildman–Crippen LogP) is 2.36. The van der Waals surface area contributed by atoms with Crippen LogP contribution < -0.4 is 5.56 Å². The van der Waals surface area contributed by atoms with Crippen LogP contribution in [0.4, 0.5) is 0 Å². The Morgan fingerprint density at radius 1 is 1.52 bits per heavy atom. The van der Waals surface area contributed by atoms with Gasteiger partial charge < -0.3 is 9.52 Å². The number of hydrogen-bond acceptors (Lipinski definition) is 4. The number of furan rings is 1. The molecule has 0 spiro atoms. The standard InChI is InChI=1S/C17H14N2O4/c1-10-12(5-4-11-3-2-8-23-11)18-14-6-7-17(16(21)22)9-13(17)19(14)15(10)20/h2-8,13H,9H2,1H3,(H,21,22)/b5-4+. The quantitative estimate of drug-likeness (QED) is 0.940. The molecule has 1 aliphatic heterocycles. The molecule has 0 aromatic carbocycles. The zero-order valence-electron chi connectivity index (χ0n) is 12.4. The third-order valence-corrected chi connectivity index (χ3v) is 4.56. The van der Waals surface area contributed by atoms with Gasteiger partial charge in [-0.25, -0.2) is 4.98 Å². The van der Waals surface area contributed by atoms with Crippen LogP contribution in [0.1, 0.15) is 35.3 Å². The smallest absolute Gasteiger partial charge is 0.315 e. The summed E-state index contributed by atoms with van der Waals surface area (Å²) >= 11 is 0. The van der Waals surface area contributed by atoms with Crippen molar-refractivity contribution in [1.82, 2.24) is 9.55 Å². The largest absolute Gasteiger partial charge is 0.481 e. The van der Waals surface area contributed by atoms with Crippen molar-refractivity contribution in [2.75, 3.05) is 0 Å². The number of carboxylic acids is 1. The first-order valence-corrected chi connectivity index (χ1v) is 7.30. The molecule has 1 N–H and O–H groups in total. The number of nitrogens with zero attached hydrogens (tertiary/aromatic N) is 2.